The second-order valence-corrected chi connectivity index (χ2v) is 4.59. The maximum Gasteiger partial charge on any atom is 0.449 e. The molecular weight excluding hydrogens is 289 g/mol. The van der Waals surface area contributed by atoms with E-state index in [-0.39, 0.29) is 16.9 Å². The summed E-state index contributed by atoms with van der Waals surface area (Å²) in [5.74, 6) is -1.01. The highest BCUT2D eigenvalue weighted by molar-refractivity contribution is 5.72. The lowest BCUT2D eigenvalue weighted by Crippen LogP contribution is -2.18. The van der Waals surface area contributed by atoms with E-state index in [4.69, 9.17) is 0 Å². The number of fused-ring (bicyclic) bond motifs is 2. The summed E-state index contributed by atoms with van der Waals surface area (Å²) < 4.78 is 40.9. The molecule has 0 saturated carbocycles. The van der Waals surface area contributed by atoms with Crippen molar-refractivity contribution in [1.29, 1.82) is 0 Å². The van der Waals surface area contributed by atoms with Gasteiger partial charge in [-0.25, -0.2) is 9.38 Å². The number of hydrogen-bond acceptors (Lipinski definition) is 4. The molecule has 7 nitrogen and oxygen atoms in total. The largest absolute Gasteiger partial charge is 0.449 e. The minimum absolute atomic E-state index is 0.0544. The van der Waals surface area contributed by atoms with Gasteiger partial charge in [-0.05, 0) is 6.42 Å². The zero-order chi connectivity index (χ0) is 15.2. The first-order valence-electron chi connectivity index (χ1n) is 6.33. The zero-order valence-corrected chi connectivity index (χ0v) is 11.0. The molecule has 0 aliphatic heterocycles. The fourth-order valence-corrected chi connectivity index (χ4v) is 2.14. The number of aromatic amines is 1. The molecule has 0 bridgehead atoms. The zero-order valence-electron chi connectivity index (χ0n) is 11.0. The lowest BCUT2D eigenvalue weighted by atomic mass is 10.3. The fraction of sp³-hybridized carbons (Fsp3) is 0.455. The van der Waals surface area contributed by atoms with E-state index in [0.717, 1.165) is 10.8 Å². The van der Waals surface area contributed by atoms with E-state index in [2.05, 4.69) is 20.2 Å². The van der Waals surface area contributed by atoms with E-state index in [9.17, 15) is 18.0 Å². The molecule has 1 N–H and O–H groups in total. The van der Waals surface area contributed by atoms with E-state index < -0.39 is 17.6 Å². The van der Waals surface area contributed by atoms with Crippen LogP contribution in [0.15, 0.2) is 11.1 Å². The van der Waals surface area contributed by atoms with Crippen LogP contribution in [0.25, 0.3) is 16.9 Å². The number of unbranched alkanes of at least 4 members (excludes halogenated alkanes) is 1. The molecule has 0 amide bonds. The molecule has 0 spiro atoms. The number of alkyl halides is 3. The molecule has 3 aromatic heterocycles. The molecule has 0 aliphatic rings. The van der Waals surface area contributed by atoms with Crippen molar-refractivity contribution in [3.8, 4) is 0 Å². The molecular formula is C11H11F3N6O. The Bertz CT molecular complexity index is 858. The van der Waals surface area contributed by atoms with Crippen molar-refractivity contribution in [1.82, 2.24) is 29.1 Å². The van der Waals surface area contributed by atoms with Crippen molar-refractivity contribution in [3.05, 3.63) is 22.5 Å². The molecule has 3 heterocycles. The van der Waals surface area contributed by atoms with Crippen LogP contribution in [0.4, 0.5) is 13.2 Å². The maximum absolute atomic E-state index is 12.8. The summed E-state index contributed by atoms with van der Waals surface area (Å²) in [6.07, 6.45) is -1.92. The van der Waals surface area contributed by atoms with Gasteiger partial charge in [0.05, 0.1) is 0 Å². The number of nitrogens with zero attached hydrogens (tertiary/aromatic N) is 5. The lowest BCUT2D eigenvalue weighted by molar-refractivity contribution is -0.144. The lowest BCUT2D eigenvalue weighted by Gasteiger charge is -2.07. The number of nitrogens with one attached hydrogen (secondary N) is 1. The molecule has 0 atom stereocenters. The first-order valence-corrected chi connectivity index (χ1v) is 6.33. The van der Waals surface area contributed by atoms with Crippen LogP contribution in [0.2, 0.25) is 0 Å². The van der Waals surface area contributed by atoms with Gasteiger partial charge in [-0.1, -0.05) is 13.3 Å². The molecule has 21 heavy (non-hydrogen) atoms. The highest BCUT2D eigenvalue weighted by Gasteiger charge is 2.36. The Morgan fingerprint density at radius 1 is 1.38 bits per heavy atom. The van der Waals surface area contributed by atoms with Gasteiger partial charge >= 0.3 is 6.18 Å². The minimum Gasteiger partial charge on any atom is -0.328 e. The van der Waals surface area contributed by atoms with Gasteiger partial charge in [0, 0.05) is 6.54 Å². The van der Waals surface area contributed by atoms with Crippen LogP contribution in [0.5, 0.6) is 0 Å². The van der Waals surface area contributed by atoms with Gasteiger partial charge in [-0.2, -0.15) is 13.2 Å². The average molecular weight is 300 g/mol. The molecule has 0 aliphatic carbocycles. The Morgan fingerprint density at radius 2 is 2.14 bits per heavy atom. The Morgan fingerprint density at radius 3 is 2.81 bits per heavy atom. The van der Waals surface area contributed by atoms with E-state index >= 15 is 0 Å². The number of H-pyrrole nitrogens is 1. The van der Waals surface area contributed by atoms with Crippen molar-refractivity contribution >= 4 is 16.9 Å². The van der Waals surface area contributed by atoms with Gasteiger partial charge in [0.1, 0.15) is 6.33 Å². The van der Waals surface area contributed by atoms with Crippen molar-refractivity contribution < 1.29 is 13.2 Å². The summed E-state index contributed by atoms with van der Waals surface area (Å²) in [6.45, 7) is 2.35. The smallest absolute Gasteiger partial charge is 0.328 e. The number of aromatic nitrogens is 6. The summed E-state index contributed by atoms with van der Waals surface area (Å²) in [4.78, 5) is 17.7. The van der Waals surface area contributed by atoms with E-state index in [1.54, 1.807) is 0 Å². The van der Waals surface area contributed by atoms with Crippen LogP contribution in [0, 0.1) is 0 Å². The summed E-state index contributed by atoms with van der Waals surface area (Å²) in [6, 6.07) is 0. The fourth-order valence-electron chi connectivity index (χ4n) is 2.14. The standard InChI is InChI=1S/C11H11F3N6O/c1-2-3-4-19-7-6(16-9(17-7)11(12,13)14)8(21)20-5-15-18-10(19)20/h5H,2-4H2,1H3,(H,16,17). The van der Waals surface area contributed by atoms with Crippen LogP contribution in [-0.2, 0) is 12.7 Å². The Labute approximate surface area is 115 Å². The monoisotopic (exact) mass is 300 g/mol. The van der Waals surface area contributed by atoms with Crippen LogP contribution >= 0.6 is 0 Å². The van der Waals surface area contributed by atoms with Gasteiger partial charge < -0.3 is 4.98 Å². The second-order valence-electron chi connectivity index (χ2n) is 4.59. The van der Waals surface area contributed by atoms with Gasteiger partial charge in [0.15, 0.2) is 11.2 Å². The third-order valence-electron chi connectivity index (χ3n) is 3.15. The first-order chi connectivity index (χ1) is 9.93. The molecule has 10 heteroatoms. The molecule has 112 valence electrons. The van der Waals surface area contributed by atoms with Crippen LogP contribution in [0.1, 0.15) is 25.6 Å². The number of hydrogen-bond donors (Lipinski definition) is 1. The van der Waals surface area contributed by atoms with E-state index in [1.165, 1.54) is 10.9 Å². The highest BCUT2D eigenvalue weighted by Crippen LogP contribution is 2.28. The predicted molar refractivity (Wildman–Crippen MR) is 66.8 cm³/mol. The molecule has 0 unspecified atom stereocenters. The topological polar surface area (TPSA) is 80.9 Å². The normalized spacial score (nSPS) is 12.6. The summed E-state index contributed by atoms with van der Waals surface area (Å²) in [5, 5.41) is 7.43. The van der Waals surface area contributed by atoms with Crippen LogP contribution in [-0.4, -0.2) is 29.1 Å². The van der Waals surface area contributed by atoms with Crippen molar-refractivity contribution in [2.45, 2.75) is 32.5 Å². The number of imidazole rings is 1. The van der Waals surface area contributed by atoms with Crippen molar-refractivity contribution in [2.24, 2.45) is 0 Å². The van der Waals surface area contributed by atoms with Gasteiger partial charge in [-0.15, -0.1) is 10.2 Å². The predicted octanol–water partition coefficient (Wildman–Crippen LogP) is 1.59. The van der Waals surface area contributed by atoms with E-state index in [1.807, 2.05) is 6.92 Å². The van der Waals surface area contributed by atoms with Crippen LogP contribution in [0.3, 0.4) is 0 Å². The maximum atomic E-state index is 12.8. The first kappa shape index (κ1) is 13.6. The Hall–Kier alpha value is -2.39. The van der Waals surface area contributed by atoms with Gasteiger partial charge in [-0.3, -0.25) is 9.36 Å². The van der Waals surface area contributed by atoms with Gasteiger partial charge in [0.2, 0.25) is 11.6 Å². The molecule has 0 radical (unpaired) electrons. The SMILES string of the molecule is CCCCn1c2nc(C(F)(F)F)[nH]c2c(=O)n2cnnc12. The summed E-state index contributed by atoms with van der Waals surface area (Å²) in [7, 11) is 0. The highest BCUT2D eigenvalue weighted by atomic mass is 19.4. The van der Waals surface area contributed by atoms with Crippen LogP contribution < -0.4 is 5.56 Å². The Balaban J connectivity index is 2.37. The average Bonchev–Trinajstić information content (AvgIpc) is 3.04. The Kier molecular flexibility index (Phi) is 2.96. The minimum atomic E-state index is -4.64. The van der Waals surface area contributed by atoms with E-state index in [0.29, 0.717) is 13.0 Å². The van der Waals surface area contributed by atoms with Gasteiger partial charge in [0.25, 0.3) is 5.56 Å². The molecule has 3 aromatic rings. The molecule has 3 rings (SSSR count). The third-order valence-corrected chi connectivity index (χ3v) is 3.15. The summed E-state index contributed by atoms with van der Waals surface area (Å²) in [5.41, 5.74) is -0.909. The molecule has 0 aromatic carbocycles. The number of halogens is 3. The number of rotatable bonds is 3. The summed E-state index contributed by atoms with van der Waals surface area (Å²) >= 11 is 0. The quantitative estimate of drug-likeness (QED) is 0.796. The van der Waals surface area contributed by atoms with Crippen molar-refractivity contribution in [3.63, 3.8) is 0 Å². The number of aryl methyl sites for hydroxylation is 1. The molecule has 0 saturated heterocycles. The molecule has 0 fully saturated rings. The second kappa shape index (κ2) is 4.57. The third kappa shape index (κ3) is 2.06. The van der Waals surface area contributed by atoms with Crippen molar-refractivity contribution in [2.75, 3.05) is 0 Å².